The minimum Gasteiger partial charge on any atom is -0.497 e. The Morgan fingerprint density at radius 1 is 1.09 bits per heavy atom. The molecule has 3 aromatic rings. The van der Waals surface area contributed by atoms with Crippen LogP contribution in [-0.4, -0.2) is 44.2 Å². The Morgan fingerprint density at radius 2 is 1.82 bits per heavy atom. The SMILES string of the molecule is CCCCn1c(=O)[nH]c(=O)c2c1nc(CN1CCC(Cc3ccc(OC)cc3)CC1)n2CC. The zero-order chi connectivity index (χ0) is 23.4. The highest BCUT2D eigenvalue weighted by molar-refractivity contribution is 5.71. The van der Waals surface area contributed by atoms with Crippen molar-refractivity contribution in [3.05, 3.63) is 56.5 Å². The van der Waals surface area contributed by atoms with Gasteiger partial charge in [0.15, 0.2) is 11.2 Å². The predicted octanol–water partition coefficient (Wildman–Crippen LogP) is 3.17. The molecule has 1 saturated heterocycles. The molecule has 33 heavy (non-hydrogen) atoms. The number of imidazole rings is 1. The summed E-state index contributed by atoms with van der Waals surface area (Å²) in [7, 11) is 1.69. The number of rotatable bonds is 9. The van der Waals surface area contributed by atoms with Crippen LogP contribution < -0.4 is 16.0 Å². The standard InChI is InChI=1S/C25H35N5O3/c1-4-6-13-30-23-22(24(31)27-25(30)32)29(5-2)21(26-23)17-28-14-11-19(12-15-28)16-18-7-9-20(33-3)10-8-18/h7-10,19H,4-6,11-17H2,1-3H3,(H,27,31,32). The zero-order valence-corrected chi connectivity index (χ0v) is 20.0. The van der Waals surface area contributed by atoms with Crippen molar-refractivity contribution in [2.75, 3.05) is 20.2 Å². The van der Waals surface area contributed by atoms with Gasteiger partial charge in [-0.2, -0.15) is 0 Å². The van der Waals surface area contributed by atoms with Crippen molar-refractivity contribution >= 4 is 11.2 Å². The minimum absolute atomic E-state index is 0.346. The maximum Gasteiger partial charge on any atom is 0.330 e. The topological polar surface area (TPSA) is 85.2 Å². The van der Waals surface area contributed by atoms with E-state index in [-0.39, 0.29) is 11.2 Å². The fraction of sp³-hybridized carbons (Fsp3) is 0.560. The molecule has 178 valence electrons. The summed E-state index contributed by atoms with van der Waals surface area (Å²) in [5.41, 5.74) is 1.67. The molecule has 1 fully saturated rings. The van der Waals surface area contributed by atoms with Gasteiger partial charge in [0, 0.05) is 13.1 Å². The number of nitrogens with one attached hydrogen (secondary N) is 1. The minimum atomic E-state index is -0.368. The van der Waals surface area contributed by atoms with Crippen LogP contribution in [0.3, 0.4) is 0 Å². The van der Waals surface area contributed by atoms with E-state index in [0.717, 1.165) is 56.8 Å². The van der Waals surface area contributed by atoms with Gasteiger partial charge >= 0.3 is 5.69 Å². The van der Waals surface area contributed by atoms with Crippen LogP contribution in [0.2, 0.25) is 0 Å². The number of hydrogen-bond donors (Lipinski definition) is 1. The van der Waals surface area contributed by atoms with Crippen molar-refractivity contribution in [3.8, 4) is 5.75 Å². The number of aromatic nitrogens is 4. The van der Waals surface area contributed by atoms with Gasteiger partial charge in [-0.25, -0.2) is 9.78 Å². The second-order valence-electron chi connectivity index (χ2n) is 8.98. The van der Waals surface area contributed by atoms with Gasteiger partial charge < -0.3 is 9.30 Å². The number of fused-ring (bicyclic) bond motifs is 1. The van der Waals surface area contributed by atoms with Gasteiger partial charge in [-0.3, -0.25) is 19.2 Å². The Hall–Kier alpha value is -2.87. The molecule has 0 bridgehead atoms. The molecule has 0 atom stereocenters. The number of ether oxygens (including phenoxy) is 1. The molecule has 0 saturated carbocycles. The van der Waals surface area contributed by atoms with Crippen LogP contribution >= 0.6 is 0 Å². The summed E-state index contributed by atoms with van der Waals surface area (Å²) in [5, 5.41) is 0. The molecule has 0 amide bonds. The monoisotopic (exact) mass is 453 g/mol. The highest BCUT2D eigenvalue weighted by atomic mass is 16.5. The molecule has 1 aromatic carbocycles. The van der Waals surface area contributed by atoms with Crippen LogP contribution in [0.4, 0.5) is 0 Å². The van der Waals surface area contributed by atoms with Crippen LogP contribution in [0.15, 0.2) is 33.9 Å². The average molecular weight is 454 g/mol. The van der Waals surface area contributed by atoms with E-state index >= 15 is 0 Å². The lowest BCUT2D eigenvalue weighted by Gasteiger charge is -2.31. The molecule has 0 spiro atoms. The van der Waals surface area contributed by atoms with Crippen LogP contribution in [0.5, 0.6) is 5.75 Å². The fourth-order valence-corrected chi connectivity index (χ4v) is 4.85. The van der Waals surface area contributed by atoms with Gasteiger partial charge in [-0.05, 0) is 69.3 Å². The Kier molecular flexibility index (Phi) is 7.33. The van der Waals surface area contributed by atoms with Gasteiger partial charge in [0.2, 0.25) is 0 Å². The van der Waals surface area contributed by atoms with Crippen LogP contribution in [-0.2, 0) is 26.1 Å². The molecule has 1 aliphatic heterocycles. The van der Waals surface area contributed by atoms with Crippen molar-refractivity contribution in [2.45, 2.75) is 65.6 Å². The lowest BCUT2D eigenvalue weighted by atomic mass is 9.90. The molecule has 1 aliphatic rings. The van der Waals surface area contributed by atoms with Crippen molar-refractivity contribution in [1.29, 1.82) is 0 Å². The predicted molar refractivity (Wildman–Crippen MR) is 130 cm³/mol. The van der Waals surface area contributed by atoms with Crippen LogP contribution in [0.25, 0.3) is 11.2 Å². The summed E-state index contributed by atoms with van der Waals surface area (Å²) < 4.78 is 8.85. The number of likely N-dealkylation sites (tertiary alicyclic amines) is 1. The molecule has 4 rings (SSSR count). The molecule has 3 heterocycles. The van der Waals surface area contributed by atoms with E-state index in [2.05, 4.69) is 28.9 Å². The number of H-pyrrole nitrogens is 1. The van der Waals surface area contributed by atoms with Crippen molar-refractivity contribution < 1.29 is 4.74 Å². The first-order chi connectivity index (χ1) is 16.0. The number of piperidine rings is 1. The van der Waals surface area contributed by atoms with Gasteiger partial charge in [-0.1, -0.05) is 25.5 Å². The van der Waals surface area contributed by atoms with Gasteiger partial charge in [0.25, 0.3) is 5.56 Å². The Morgan fingerprint density at radius 3 is 2.45 bits per heavy atom. The third-order valence-electron chi connectivity index (χ3n) is 6.77. The molecule has 0 radical (unpaired) electrons. The normalized spacial score (nSPS) is 15.4. The van der Waals surface area contributed by atoms with Gasteiger partial charge in [0.05, 0.1) is 13.7 Å². The third kappa shape index (κ3) is 5.05. The second-order valence-corrected chi connectivity index (χ2v) is 8.98. The number of aryl methyl sites for hydroxylation is 2. The van der Waals surface area contributed by atoms with E-state index < -0.39 is 0 Å². The molecule has 1 N–H and O–H groups in total. The summed E-state index contributed by atoms with van der Waals surface area (Å²) in [5.74, 6) is 2.43. The van der Waals surface area contributed by atoms with E-state index in [4.69, 9.17) is 9.72 Å². The van der Waals surface area contributed by atoms with Crippen molar-refractivity contribution in [3.63, 3.8) is 0 Å². The van der Waals surface area contributed by atoms with E-state index in [9.17, 15) is 9.59 Å². The number of nitrogens with zero attached hydrogens (tertiary/aromatic N) is 4. The Balaban J connectivity index is 1.47. The quantitative estimate of drug-likeness (QED) is 0.538. The van der Waals surface area contributed by atoms with Crippen molar-refractivity contribution in [2.24, 2.45) is 5.92 Å². The summed E-state index contributed by atoms with van der Waals surface area (Å²) in [6.45, 7) is 8.03. The highest BCUT2D eigenvalue weighted by Gasteiger charge is 2.23. The fourth-order valence-electron chi connectivity index (χ4n) is 4.85. The maximum absolute atomic E-state index is 12.6. The number of aromatic amines is 1. The summed E-state index contributed by atoms with van der Waals surface area (Å²) in [6, 6.07) is 8.37. The number of unbranched alkanes of at least 4 members (excludes halogenated alkanes) is 1. The number of hydrogen-bond acceptors (Lipinski definition) is 5. The first-order valence-electron chi connectivity index (χ1n) is 12.1. The number of benzene rings is 1. The molecule has 8 heteroatoms. The van der Waals surface area contributed by atoms with E-state index in [1.807, 2.05) is 23.6 Å². The first kappa shape index (κ1) is 23.3. The van der Waals surface area contributed by atoms with E-state index in [1.54, 1.807) is 11.7 Å². The molecular formula is C25H35N5O3. The lowest BCUT2D eigenvalue weighted by Crippen LogP contribution is -2.34. The first-order valence-corrected chi connectivity index (χ1v) is 12.1. The maximum atomic E-state index is 12.6. The molecule has 8 nitrogen and oxygen atoms in total. The third-order valence-corrected chi connectivity index (χ3v) is 6.77. The number of methoxy groups -OCH3 is 1. The van der Waals surface area contributed by atoms with Gasteiger partial charge in [0.1, 0.15) is 11.6 Å². The zero-order valence-electron chi connectivity index (χ0n) is 20.0. The van der Waals surface area contributed by atoms with Crippen LogP contribution in [0.1, 0.15) is 50.9 Å². The summed E-state index contributed by atoms with van der Waals surface area (Å²) in [6.07, 6.45) is 5.21. The Labute approximate surface area is 194 Å². The van der Waals surface area contributed by atoms with E-state index in [0.29, 0.717) is 36.7 Å². The average Bonchev–Trinajstić information content (AvgIpc) is 3.19. The second kappa shape index (κ2) is 10.4. The lowest BCUT2D eigenvalue weighted by molar-refractivity contribution is 0.172. The molecule has 2 aromatic heterocycles. The molecular weight excluding hydrogens is 418 g/mol. The largest absolute Gasteiger partial charge is 0.497 e. The van der Waals surface area contributed by atoms with Gasteiger partial charge in [-0.15, -0.1) is 0 Å². The van der Waals surface area contributed by atoms with E-state index in [1.165, 1.54) is 5.56 Å². The summed E-state index contributed by atoms with van der Waals surface area (Å²) >= 11 is 0. The van der Waals surface area contributed by atoms with Crippen molar-refractivity contribution in [1.82, 2.24) is 24.0 Å². The molecule has 0 aliphatic carbocycles. The molecule has 0 unspecified atom stereocenters. The Bertz CT molecular complexity index is 1180. The smallest absolute Gasteiger partial charge is 0.330 e. The highest BCUT2D eigenvalue weighted by Crippen LogP contribution is 2.24. The van der Waals surface area contributed by atoms with Crippen LogP contribution in [0, 0.1) is 5.92 Å². The summed E-state index contributed by atoms with van der Waals surface area (Å²) in [4.78, 5) is 34.8.